The van der Waals surface area contributed by atoms with E-state index in [1.165, 1.54) is 19.3 Å². The first-order chi connectivity index (χ1) is 13.3. The van der Waals surface area contributed by atoms with Gasteiger partial charge in [-0.3, -0.25) is 14.4 Å². The number of fused-ring (bicyclic) bond motifs is 1. The summed E-state index contributed by atoms with van der Waals surface area (Å²) in [4.78, 5) is 16.3. The molecule has 2 fully saturated rings. The maximum absolute atomic E-state index is 11.9. The number of rotatable bonds is 4. The molecule has 3 aliphatic rings. The Hall–Kier alpha value is -2.22. The summed E-state index contributed by atoms with van der Waals surface area (Å²) in [6.45, 7) is 4.75. The van der Waals surface area contributed by atoms with Gasteiger partial charge in [-0.15, -0.1) is 10.2 Å². The third-order valence-electron chi connectivity index (χ3n) is 6.15. The Labute approximate surface area is 159 Å². The minimum Gasteiger partial charge on any atom is -0.314 e. The van der Waals surface area contributed by atoms with E-state index in [-0.39, 0.29) is 5.91 Å². The average molecular weight is 369 g/mol. The van der Waals surface area contributed by atoms with Gasteiger partial charge in [-0.05, 0) is 25.7 Å². The lowest BCUT2D eigenvalue weighted by atomic mass is 10.2. The van der Waals surface area contributed by atoms with Crippen molar-refractivity contribution in [2.45, 2.75) is 64.1 Å². The van der Waals surface area contributed by atoms with Crippen molar-refractivity contribution in [1.29, 1.82) is 0 Å². The topological polar surface area (TPSA) is 72.1 Å². The number of anilines is 1. The number of carbonyl (C=O) groups is 1. The van der Waals surface area contributed by atoms with Gasteiger partial charge in [0.05, 0.1) is 24.5 Å². The highest BCUT2D eigenvalue weighted by Crippen LogP contribution is 2.27. The molecule has 1 atom stereocenters. The fourth-order valence-electron chi connectivity index (χ4n) is 4.62. The molecular formula is C19H27N7O. The van der Waals surface area contributed by atoms with E-state index in [4.69, 9.17) is 0 Å². The van der Waals surface area contributed by atoms with E-state index in [9.17, 15) is 4.79 Å². The van der Waals surface area contributed by atoms with Crippen LogP contribution in [0.1, 0.15) is 56.2 Å². The highest BCUT2D eigenvalue weighted by atomic mass is 16.2. The molecule has 3 aliphatic heterocycles. The molecular weight excluding hydrogens is 342 g/mol. The Bertz CT molecular complexity index is 826. The van der Waals surface area contributed by atoms with Gasteiger partial charge in [-0.1, -0.05) is 6.42 Å². The molecule has 5 heterocycles. The highest BCUT2D eigenvalue weighted by molar-refractivity contribution is 5.95. The van der Waals surface area contributed by atoms with Crippen molar-refractivity contribution in [1.82, 2.24) is 29.4 Å². The minimum atomic E-state index is 0.218. The quantitative estimate of drug-likeness (QED) is 0.821. The molecule has 1 unspecified atom stereocenters. The van der Waals surface area contributed by atoms with Gasteiger partial charge < -0.3 is 9.47 Å². The molecule has 27 heavy (non-hydrogen) atoms. The molecule has 8 nitrogen and oxygen atoms in total. The van der Waals surface area contributed by atoms with Crippen molar-refractivity contribution >= 4 is 11.6 Å². The van der Waals surface area contributed by atoms with Crippen LogP contribution in [0.4, 0.5) is 5.69 Å². The van der Waals surface area contributed by atoms with E-state index in [0.717, 1.165) is 69.3 Å². The predicted octanol–water partition coefficient (Wildman–Crippen LogP) is 1.77. The molecule has 2 saturated heterocycles. The van der Waals surface area contributed by atoms with Crippen LogP contribution >= 0.6 is 0 Å². The normalized spacial score (nSPS) is 23.8. The van der Waals surface area contributed by atoms with Crippen LogP contribution in [0.15, 0.2) is 12.4 Å². The second-order valence-corrected chi connectivity index (χ2v) is 8.00. The van der Waals surface area contributed by atoms with Crippen molar-refractivity contribution in [3.63, 3.8) is 0 Å². The van der Waals surface area contributed by atoms with E-state index >= 15 is 0 Å². The number of amides is 1. The second-order valence-electron chi connectivity index (χ2n) is 8.00. The zero-order valence-electron chi connectivity index (χ0n) is 15.8. The predicted molar refractivity (Wildman–Crippen MR) is 100 cm³/mol. The maximum Gasteiger partial charge on any atom is 0.227 e. The van der Waals surface area contributed by atoms with Gasteiger partial charge in [-0.25, -0.2) is 0 Å². The molecule has 0 aliphatic carbocycles. The fraction of sp³-hybridized carbons (Fsp3) is 0.684. The van der Waals surface area contributed by atoms with Gasteiger partial charge in [0.25, 0.3) is 0 Å². The van der Waals surface area contributed by atoms with Crippen molar-refractivity contribution in [3.8, 4) is 0 Å². The zero-order valence-corrected chi connectivity index (χ0v) is 15.8. The van der Waals surface area contributed by atoms with Crippen LogP contribution in [0.25, 0.3) is 0 Å². The minimum absolute atomic E-state index is 0.218. The molecule has 144 valence electrons. The van der Waals surface area contributed by atoms with E-state index in [2.05, 4.69) is 24.8 Å². The van der Waals surface area contributed by atoms with Crippen molar-refractivity contribution in [3.05, 3.63) is 24.0 Å². The summed E-state index contributed by atoms with van der Waals surface area (Å²) < 4.78 is 4.39. The van der Waals surface area contributed by atoms with Crippen molar-refractivity contribution < 1.29 is 4.79 Å². The van der Waals surface area contributed by atoms with Gasteiger partial charge in [0.15, 0.2) is 0 Å². The second kappa shape index (κ2) is 7.07. The van der Waals surface area contributed by atoms with Crippen molar-refractivity contribution in [2.75, 3.05) is 24.5 Å². The van der Waals surface area contributed by atoms with Gasteiger partial charge in [0, 0.05) is 45.2 Å². The van der Waals surface area contributed by atoms with E-state index in [1.54, 1.807) is 0 Å². The summed E-state index contributed by atoms with van der Waals surface area (Å²) in [5.41, 5.74) is 0.943. The SMILES string of the molecule is O=C1CCCN1c1cnn(C2CCN(Cc3nnc4n3CCCCC4)C2)c1. The summed E-state index contributed by atoms with van der Waals surface area (Å²) in [5.74, 6) is 2.48. The molecule has 2 aromatic rings. The average Bonchev–Trinajstić information content (AvgIpc) is 3.43. The lowest BCUT2D eigenvalue weighted by Gasteiger charge is -2.17. The number of aromatic nitrogens is 5. The molecule has 0 saturated carbocycles. The smallest absolute Gasteiger partial charge is 0.227 e. The Morgan fingerprint density at radius 3 is 2.89 bits per heavy atom. The number of hydrogen-bond acceptors (Lipinski definition) is 5. The third-order valence-corrected chi connectivity index (χ3v) is 6.15. The molecule has 0 bridgehead atoms. The fourth-order valence-corrected chi connectivity index (χ4v) is 4.62. The van der Waals surface area contributed by atoms with E-state index in [1.807, 2.05) is 22.0 Å². The first-order valence-corrected chi connectivity index (χ1v) is 10.3. The molecule has 5 rings (SSSR count). The highest BCUT2D eigenvalue weighted by Gasteiger charge is 2.28. The Kier molecular flexibility index (Phi) is 4.43. The first-order valence-electron chi connectivity index (χ1n) is 10.3. The maximum atomic E-state index is 11.9. The summed E-state index contributed by atoms with van der Waals surface area (Å²) >= 11 is 0. The zero-order chi connectivity index (χ0) is 18.2. The summed E-state index contributed by atoms with van der Waals surface area (Å²) in [7, 11) is 0. The first kappa shape index (κ1) is 16.9. The Morgan fingerprint density at radius 1 is 1.04 bits per heavy atom. The van der Waals surface area contributed by atoms with E-state index < -0.39 is 0 Å². The molecule has 8 heteroatoms. The monoisotopic (exact) mass is 369 g/mol. The van der Waals surface area contributed by atoms with Crippen LogP contribution < -0.4 is 4.90 Å². The number of hydrogen-bond donors (Lipinski definition) is 0. The lowest BCUT2D eigenvalue weighted by Crippen LogP contribution is -2.24. The molecule has 0 spiro atoms. The lowest BCUT2D eigenvalue weighted by molar-refractivity contribution is -0.117. The number of nitrogens with zero attached hydrogens (tertiary/aromatic N) is 7. The van der Waals surface area contributed by atoms with Crippen molar-refractivity contribution in [2.24, 2.45) is 0 Å². The van der Waals surface area contributed by atoms with Gasteiger partial charge in [0.2, 0.25) is 5.91 Å². The van der Waals surface area contributed by atoms with Crippen LogP contribution in [0.5, 0.6) is 0 Å². The molecule has 0 aromatic carbocycles. The van der Waals surface area contributed by atoms with Crippen LogP contribution in [0.2, 0.25) is 0 Å². The summed E-state index contributed by atoms with van der Waals surface area (Å²) in [6.07, 6.45) is 11.4. The number of likely N-dealkylation sites (tertiary alicyclic amines) is 1. The van der Waals surface area contributed by atoms with Crippen LogP contribution in [-0.4, -0.2) is 55.0 Å². The summed E-state index contributed by atoms with van der Waals surface area (Å²) in [5, 5.41) is 13.4. The van der Waals surface area contributed by atoms with Gasteiger partial charge >= 0.3 is 0 Å². The third kappa shape index (κ3) is 3.26. The number of carbonyl (C=O) groups excluding carboxylic acids is 1. The Balaban J connectivity index is 1.24. The Morgan fingerprint density at radius 2 is 2.00 bits per heavy atom. The van der Waals surface area contributed by atoms with Crippen LogP contribution in [0.3, 0.4) is 0 Å². The van der Waals surface area contributed by atoms with Crippen LogP contribution in [0, 0.1) is 0 Å². The van der Waals surface area contributed by atoms with E-state index in [0.29, 0.717) is 12.5 Å². The van der Waals surface area contributed by atoms with Gasteiger partial charge in [0.1, 0.15) is 11.6 Å². The largest absolute Gasteiger partial charge is 0.314 e. The molecule has 0 N–H and O–H groups in total. The van der Waals surface area contributed by atoms with Crippen LogP contribution in [-0.2, 0) is 24.3 Å². The molecule has 2 aromatic heterocycles. The van der Waals surface area contributed by atoms with Gasteiger partial charge in [-0.2, -0.15) is 5.10 Å². The molecule has 0 radical (unpaired) electrons. The molecule has 1 amide bonds. The standard InChI is InChI=1S/C19H27N7O/c27-19-6-4-9-24(19)16-11-20-26(13-16)15-7-10-23(12-15)14-18-22-21-17-5-2-1-3-8-25(17)18/h11,13,15H,1-10,12,14H2. The summed E-state index contributed by atoms with van der Waals surface area (Å²) in [6, 6.07) is 0.364. The number of aryl methyl sites for hydroxylation is 1.